The third-order valence-corrected chi connectivity index (χ3v) is 1.17. The molecule has 3 heteroatoms. The van der Waals surface area contributed by atoms with Crippen LogP contribution < -0.4 is 0 Å². The Hall–Kier alpha value is -1.38. The summed E-state index contributed by atoms with van der Waals surface area (Å²) in [6.07, 6.45) is 0. The lowest BCUT2D eigenvalue weighted by Gasteiger charge is -1.89. The number of hydrogen-bond donors (Lipinski definition) is 0. The molecule has 0 aliphatic heterocycles. The third kappa shape index (κ3) is 4.44. The van der Waals surface area contributed by atoms with E-state index < -0.39 is 0 Å². The van der Waals surface area contributed by atoms with E-state index in [4.69, 9.17) is 4.79 Å². The highest BCUT2D eigenvalue weighted by Crippen LogP contribution is 2.01. The van der Waals surface area contributed by atoms with Crippen molar-refractivity contribution in [3.63, 3.8) is 0 Å². The molecule has 0 N–H and O–H groups in total. The van der Waals surface area contributed by atoms with Crippen molar-refractivity contribution < 1.29 is 13.9 Å². The first-order chi connectivity index (χ1) is 5.72. The second-order valence-electron chi connectivity index (χ2n) is 2.08. The van der Waals surface area contributed by atoms with Crippen LogP contribution in [0.2, 0.25) is 0 Å². The maximum atomic E-state index is 12.3. The minimum Gasteiger partial charge on any atom is -0.471 e. The van der Waals surface area contributed by atoms with Crippen molar-refractivity contribution in [3.05, 3.63) is 35.6 Å². The molecule has 0 saturated heterocycles. The summed E-state index contributed by atoms with van der Waals surface area (Å²) in [6, 6.07) is 6.70. The fourth-order valence-electron chi connectivity index (χ4n) is 0.551. The molecule has 1 aromatic rings. The molecule has 0 unspecified atom stereocenters. The van der Waals surface area contributed by atoms with Crippen molar-refractivity contribution in [3.8, 4) is 0 Å². The lowest BCUT2D eigenvalue weighted by atomic mass is 10.2. The van der Waals surface area contributed by atoms with E-state index in [0.717, 1.165) is 0 Å². The summed E-state index contributed by atoms with van der Waals surface area (Å²) in [5.74, 6) is -0.132. The molecule has 1 rings (SSSR count). The Morgan fingerprint density at radius 1 is 1.42 bits per heavy atom. The van der Waals surface area contributed by atoms with Crippen molar-refractivity contribution in [1.82, 2.24) is 0 Å². The monoisotopic (exact) mass is 170 g/mol. The molecule has 0 aliphatic carbocycles. The number of methoxy groups -OCH3 is 1. The van der Waals surface area contributed by atoms with E-state index in [1.807, 2.05) is 6.07 Å². The second kappa shape index (κ2) is 6.34. The summed E-state index contributed by atoms with van der Waals surface area (Å²) in [6.45, 7) is 2.12. The Morgan fingerprint density at radius 3 is 2.17 bits per heavy atom. The van der Waals surface area contributed by atoms with Gasteiger partial charge in [0.1, 0.15) is 5.82 Å². The number of carbonyl (C=O) groups excluding carboxylic acids is 1. The zero-order valence-corrected chi connectivity index (χ0v) is 7.08. The van der Waals surface area contributed by atoms with Gasteiger partial charge >= 0.3 is 0 Å². The maximum Gasteiger partial charge on any atom is 0.292 e. The summed E-state index contributed by atoms with van der Waals surface area (Å²) in [7, 11) is 1.31. The highest BCUT2D eigenvalue weighted by atomic mass is 19.1. The molecule has 0 saturated carbocycles. The molecular weight excluding hydrogens is 159 g/mol. The molecule has 0 aliphatic rings. The molecule has 2 nitrogen and oxygen atoms in total. The lowest BCUT2D eigenvalue weighted by molar-refractivity contribution is -0.126. The van der Waals surface area contributed by atoms with Crippen LogP contribution in [0.25, 0.3) is 0 Å². The summed E-state index contributed by atoms with van der Waals surface area (Å²) in [5, 5.41) is 0. The van der Waals surface area contributed by atoms with Crippen LogP contribution in [0, 0.1) is 12.7 Å². The minimum absolute atomic E-state index is 0.132. The van der Waals surface area contributed by atoms with Gasteiger partial charge in [0.15, 0.2) is 0 Å². The SMILES string of the molecule is COC=O.Cc1ccccc1F. The third-order valence-electron chi connectivity index (χ3n) is 1.17. The Balaban J connectivity index is 0.000000261. The molecule has 12 heavy (non-hydrogen) atoms. The van der Waals surface area contributed by atoms with Crippen molar-refractivity contribution in [1.29, 1.82) is 0 Å². The van der Waals surface area contributed by atoms with Gasteiger partial charge in [0.05, 0.1) is 7.11 Å². The maximum absolute atomic E-state index is 12.3. The van der Waals surface area contributed by atoms with Gasteiger partial charge < -0.3 is 4.74 Å². The van der Waals surface area contributed by atoms with Crippen molar-refractivity contribution in [2.24, 2.45) is 0 Å². The van der Waals surface area contributed by atoms with Crippen LogP contribution in [-0.2, 0) is 9.53 Å². The number of halogens is 1. The molecule has 1 aromatic carbocycles. The van der Waals surface area contributed by atoms with Gasteiger partial charge in [0, 0.05) is 0 Å². The van der Waals surface area contributed by atoms with E-state index >= 15 is 0 Å². The van der Waals surface area contributed by atoms with E-state index in [1.54, 1.807) is 19.1 Å². The van der Waals surface area contributed by atoms with Crippen molar-refractivity contribution in [2.45, 2.75) is 6.92 Å². The van der Waals surface area contributed by atoms with Crippen LogP contribution >= 0.6 is 0 Å². The van der Waals surface area contributed by atoms with E-state index in [2.05, 4.69) is 4.74 Å². The standard InChI is InChI=1S/C7H7F.C2H4O2/c1-6-4-2-3-5-7(6)8;1-4-2-3/h2-5H,1H3;2H,1H3. The fourth-order valence-corrected chi connectivity index (χ4v) is 0.551. The summed E-state index contributed by atoms with van der Waals surface area (Å²) < 4.78 is 16.2. The van der Waals surface area contributed by atoms with Gasteiger partial charge in [-0.2, -0.15) is 0 Å². The molecule has 0 fully saturated rings. The fraction of sp³-hybridized carbons (Fsp3) is 0.222. The van der Waals surface area contributed by atoms with Gasteiger partial charge in [0.25, 0.3) is 6.47 Å². The summed E-state index contributed by atoms with van der Waals surface area (Å²) in [4.78, 5) is 8.95. The average molecular weight is 170 g/mol. The highest BCUT2D eigenvalue weighted by molar-refractivity contribution is 5.36. The Kier molecular flexibility index (Phi) is 5.61. The van der Waals surface area contributed by atoms with Crippen molar-refractivity contribution in [2.75, 3.05) is 7.11 Å². The van der Waals surface area contributed by atoms with Crippen LogP contribution in [-0.4, -0.2) is 13.6 Å². The Bertz CT molecular complexity index is 215. The lowest BCUT2D eigenvalue weighted by Crippen LogP contribution is -1.76. The first-order valence-electron chi connectivity index (χ1n) is 3.40. The first-order valence-corrected chi connectivity index (χ1v) is 3.40. The summed E-state index contributed by atoms with van der Waals surface area (Å²) >= 11 is 0. The second-order valence-corrected chi connectivity index (χ2v) is 2.08. The van der Waals surface area contributed by atoms with Gasteiger partial charge in [-0.15, -0.1) is 0 Å². The van der Waals surface area contributed by atoms with E-state index in [1.165, 1.54) is 13.2 Å². The van der Waals surface area contributed by atoms with Crippen LogP contribution in [0.3, 0.4) is 0 Å². The summed E-state index contributed by atoms with van der Waals surface area (Å²) in [5.41, 5.74) is 0.701. The van der Waals surface area contributed by atoms with Crippen molar-refractivity contribution >= 4 is 6.47 Å². The quantitative estimate of drug-likeness (QED) is 0.602. The van der Waals surface area contributed by atoms with E-state index in [9.17, 15) is 4.39 Å². The molecule has 0 bridgehead atoms. The average Bonchev–Trinajstić information content (AvgIpc) is 2.11. The molecule has 0 aromatic heterocycles. The first kappa shape index (κ1) is 10.6. The largest absolute Gasteiger partial charge is 0.471 e. The van der Waals surface area contributed by atoms with Gasteiger partial charge in [-0.05, 0) is 18.6 Å². The molecule has 0 radical (unpaired) electrons. The number of carbonyl (C=O) groups is 1. The van der Waals surface area contributed by atoms with Gasteiger partial charge in [-0.3, -0.25) is 4.79 Å². The molecule has 66 valence electrons. The zero-order chi connectivity index (χ0) is 9.40. The van der Waals surface area contributed by atoms with E-state index in [-0.39, 0.29) is 5.82 Å². The van der Waals surface area contributed by atoms with Gasteiger partial charge in [0.2, 0.25) is 0 Å². The predicted molar refractivity (Wildman–Crippen MR) is 44.2 cm³/mol. The number of benzene rings is 1. The number of hydrogen-bond acceptors (Lipinski definition) is 2. The number of aryl methyl sites for hydroxylation is 1. The molecular formula is C9H11FO2. The van der Waals surface area contributed by atoms with Gasteiger partial charge in [-0.1, -0.05) is 18.2 Å². The topological polar surface area (TPSA) is 26.3 Å². The molecule has 0 atom stereocenters. The molecule has 0 heterocycles. The van der Waals surface area contributed by atoms with Crippen LogP contribution in [0.1, 0.15) is 5.56 Å². The predicted octanol–water partition coefficient (Wildman–Crippen LogP) is 1.92. The van der Waals surface area contributed by atoms with Crippen LogP contribution in [0.15, 0.2) is 24.3 Å². The van der Waals surface area contributed by atoms with Gasteiger partial charge in [-0.25, -0.2) is 4.39 Å². The minimum atomic E-state index is -0.132. The smallest absolute Gasteiger partial charge is 0.292 e. The van der Waals surface area contributed by atoms with Crippen LogP contribution in [0.4, 0.5) is 4.39 Å². The molecule has 0 amide bonds. The molecule has 0 spiro atoms. The highest BCUT2D eigenvalue weighted by Gasteiger charge is 1.88. The normalized spacial score (nSPS) is 7.92. The van der Waals surface area contributed by atoms with E-state index in [0.29, 0.717) is 12.0 Å². The Labute approximate surface area is 71.0 Å². The zero-order valence-electron chi connectivity index (χ0n) is 7.08. The van der Waals surface area contributed by atoms with Crippen LogP contribution in [0.5, 0.6) is 0 Å². The number of ether oxygens (including phenoxy) is 1. The number of rotatable bonds is 1. The Morgan fingerprint density at radius 2 is 1.92 bits per heavy atom.